The van der Waals surface area contributed by atoms with E-state index in [1.807, 2.05) is 26.1 Å². The zero-order valence-corrected chi connectivity index (χ0v) is 15.2. The second-order valence-electron chi connectivity index (χ2n) is 5.83. The van der Waals surface area contributed by atoms with Crippen molar-refractivity contribution in [1.82, 2.24) is 30.4 Å². The van der Waals surface area contributed by atoms with Gasteiger partial charge in [-0.15, -0.1) is 0 Å². The van der Waals surface area contributed by atoms with Crippen LogP contribution in [0.1, 0.15) is 24.2 Å². The van der Waals surface area contributed by atoms with E-state index in [2.05, 4.69) is 49.7 Å². The molecule has 1 aromatic carbocycles. The van der Waals surface area contributed by atoms with Crippen molar-refractivity contribution in [1.29, 1.82) is 0 Å². The van der Waals surface area contributed by atoms with Gasteiger partial charge in [-0.05, 0) is 13.8 Å². The molecule has 0 fully saturated rings. The molecular weight excluding hydrogens is 330 g/mol. The third-order valence-electron chi connectivity index (χ3n) is 3.82. The van der Waals surface area contributed by atoms with Crippen molar-refractivity contribution in [2.45, 2.75) is 26.9 Å². The van der Waals surface area contributed by atoms with Gasteiger partial charge in [-0.25, -0.2) is 15.0 Å². The molecule has 0 aliphatic heterocycles. The highest BCUT2D eigenvalue weighted by Gasteiger charge is 2.07. The largest absolute Gasteiger partial charge is 0.439 e. The van der Waals surface area contributed by atoms with E-state index in [9.17, 15) is 0 Å². The summed E-state index contributed by atoms with van der Waals surface area (Å²) in [7, 11) is 1.84. The molecule has 26 heavy (non-hydrogen) atoms. The lowest BCUT2D eigenvalue weighted by molar-refractivity contribution is 0.497. The van der Waals surface area contributed by atoms with E-state index in [0.717, 1.165) is 23.7 Å². The summed E-state index contributed by atoms with van der Waals surface area (Å²) in [5.41, 5.74) is 2.22. The maximum atomic E-state index is 5.82. The lowest BCUT2D eigenvalue weighted by atomic mass is 10.1. The Labute approximate surface area is 152 Å². The van der Waals surface area contributed by atoms with Crippen LogP contribution in [0.2, 0.25) is 0 Å². The van der Waals surface area contributed by atoms with E-state index in [1.165, 1.54) is 11.9 Å². The van der Waals surface area contributed by atoms with Gasteiger partial charge in [0.1, 0.15) is 18.7 Å². The quantitative estimate of drug-likeness (QED) is 0.520. The predicted molar refractivity (Wildman–Crippen MR) is 99.3 cm³/mol. The van der Waals surface area contributed by atoms with E-state index in [-0.39, 0.29) is 0 Å². The SMILES string of the molecule is CCNC(=NCc1ncnn1C)NCc1ncc(-c2ccc(C)cc2)o1. The van der Waals surface area contributed by atoms with E-state index in [0.29, 0.717) is 24.9 Å². The summed E-state index contributed by atoms with van der Waals surface area (Å²) in [6, 6.07) is 8.16. The molecule has 0 radical (unpaired) electrons. The second kappa shape index (κ2) is 8.28. The number of guanidine groups is 1. The van der Waals surface area contributed by atoms with Gasteiger partial charge in [0.05, 0.1) is 12.7 Å². The summed E-state index contributed by atoms with van der Waals surface area (Å²) in [5.74, 6) is 2.82. The minimum Gasteiger partial charge on any atom is -0.439 e. The molecule has 0 bridgehead atoms. The number of benzene rings is 1. The Morgan fingerprint density at radius 2 is 2.00 bits per heavy atom. The number of hydrogen-bond donors (Lipinski definition) is 2. The van der Waals surface area contributed by atoms with Crippen molar-refractivity contribution in [3.8, 4) is 11.3 Å². The van der Waals surface area contributed by atoms with Crippen LogP contribution in [-0.2, 0) is 20.1 Å². The van der Waals surface area contributed by atoms with Crippen LogP contribution in [0.4, 0.5) is 0 Å². The van der Waals surface area contributed by atoms with Crippen LogP contribution in [0.5, 0.6) is 0 Å². The zero-order chi connectivity index (χ0) is 18.4. The maximum Gasteiger partial charge on any atom is 0.214 e. The molecule has 2 heterocycles. The summed E-state index contributed by atoms with van der Waals surface area (Å²) < 4.78 is 7.53. The van der Waals surface area contributed by atoms with Gasteiger partial charge in [-0.1, -0.05) is 29.8 Å². The first-order valence-electron chi connectivity index (χ1n) is 8.52. The highest BCUT2D eigenvalue weighted by atomic mass is 16.4. The number of aliphatic imine (C=N–C) groups is 1. The lowest BCUT2D eigenvalue weighted by Gasteiger charge is -2.09. The molecule has 3 rings (SSSR count). The molecule has 136 valence electrons. The first-order valence-corrected chi connectivity index (χ1v) is 8.52. The Bertz CT molecular complexity index is 864. The molecule has 2 N–H and O–H groups in total. The molecule has 8 nitrogen and oxygen atoms in total. The van der Waals surface area contributed by atoms with Crippen LogP contribution >= 0.6 is 0 Å². The highest BCUT2D eigenvalue weighted by molar-refractivity contribution is 5.79. The number of nitrogens with one attached hydrogen (secondary N) is 2. The van der Waals surface area contributed by atoms with E-state index in [1.54, 1.807) is 10.9 Å². The van der Waals surface area contributed by atoms with Crippen LogP contribution in [0.25, 0.3) is 11.3 Å². The average molecular weight is 353 g/mol. The van der Waals surface area contributed by atoms with Crippen molar-refractivity contribution < 1.29 is 4.42 Å². The summed E-state index contributed by atoms with van der Waals surface area (Å²) in [4.78, 5) is 13.0. The molecule has 0 saturated heterocycles. The molecule has 0 unspecified atom stereocenters. The molecule has 0 aliphatic rings. The molecule has 0 saturated carbocycles. The molecule has 0 atom stereocenters. The fourth-order valence-electron chi connectivity index (χ4n) is 2.36. The van der Waals surface area contributed by atoms with Gasteiger partial charge in [0.15, 0.2) is 11.7 Å². The highest BCUT2D eigenvalue weighted by Crippen LogP contribution is 2.20. The second-order valence-corrected chi connectivity index (χ2v) is 5.83. The third kappa shape index (κ3) is 4.47. The molecule has 0 amide bonds. The van der Waals surface area contributed by atoms with Gasteiger partial charge in [0.2, 0.25) is 5.89 Å². The summed E-state index contributed by atoms with van der Waals surface area (Å²) in [5, 5.41) is 10.5. The zero-order valence-electron chi connectivity index (χ0n) is 15.2. The van der Waals surface area contributed by atoms with E-state index < -0.39 is 0 Å². The van der Waals surface area contributed by atoms with E-state index in [4.69, 9.17) is 4.42 Å². The van der Waals surface area contributed by atoms with Crippen molar-refractivity contribution in [2.75, 3.05) is 6.54 Å². The van der Waals surface area contributed by atoms with E-state index >= 15 is 0 Å². The van der Waals surface area contributed by atoms with Crippen molar-refractivity contribution in [3.63, 3.8) is 0 Å². The van der Waals surface area contributed by atoms with Gasteiger partial charge in [0.25, 0.3) is 0 Å². The first kappa shape index (κ1) is 17.7. The third-order valence-corrected chi connectivity index (χ3v) is 3.82. The van der Waals surface area contributed by atoms with Gasteiger partial charge in [0, 0.05) is 19.2 Å². The van der Waals surface area contributed by atoms with Crippen LogP contribution in [0.3, 0.4) is 0 Å². The monoisotopic (exact) mass is 353 g/mol. The standard InChI is InChI=1S/C18H23N7O/c1-4-19-18(21-10-16-23-12-24-25(16)3)22-11-17-20-9-15(26-17)14-7-5-13(2)6-8-14/h5-9,12H,4,10-11H2,1-3H3,(H2,19,21,22). The first-order chi connectivity index (χ1) is 12.7. The fraction of sp³-hybridized carbons (Fsp3) is 0.333. The van der Waals surface area contributed by atoms with Crippen LogP contribution in [0.15, 0.2) is 46.2 Å². The van der Waals surface area contributed by atoms with Crippen LogP contribution < -0.4 is 10.6 Å². The number of aryl methyl sites for hydroxylation is 2. The molecule has 0 spiro atoms. The number of hydrogen-bond acceptors (Lipinski definition) is 5. The summed E-state index contributed by atoms with van der Waals surface area (Å²) >= 11 is 0. The molecule has 2 aromatic heterocycles. The Hall–Kier alpha value is -3.16. The van der Waals surface area contributed by atoms with Gasteiger partial charge < -0.3 is 15.1 Å². The smallest absolute Gasteiger partial charge is 0.214 e. The molecular formula is C18H23N7O. The Morgan fingerprint density at radius 1 is 1.19 bits per heavy atom. The number of oxazole rings is 1. The normalized spacial score (nSPS) is 11.6. The van der Waals surface area contributed by atoms with Crippen LogP contribution in [-0.4, -0.2) is 32.3 Å². The Balaban J connectivity index is 1.62. The Morgan fingerprint density at radius 3 is 2.69 bits per heavy atom. The molecule has 3 aromatic rings. The predicted octanol–water partition coefficient (Wildman–Crippen LogP) is 2.03. The van der Waals surface area contributed by atoms with Gasteiger partial charge in [-0.2, -0.15) is 5.10 Å². The number of rotatable bonds is 6. The lowest BCUT2D eigenvalue weighted by Crippen LogP contribution is -2.36. The number of nitrogens with zero attached hydrogens (tertiary/aromatic N) is 5. The van der Waals surface area contributed by atoms with Crippen molar-refractivity contribution in [3.05, 3.63) is 54.1 Å². The summed E-state index contributed by atoms with van der Waals surface area (Å²) in [6.45, 7) is 5.70. The van der Waals surface area contributed by atoms with Gasteiger partial charge in [-0.3, -0.25) is 4.68 Å². The fourth-order valence-corrected chi connectivity index (χ4v) is 2.36. The average Bonchev–Trinajstić information content (AvgIpc) is 3.27. The topological polar surface area (TPSA) is 93.2 Å². The number of aromatic nitrogens is 4. The summed E-state index contributed by atoms with van der Waals surface area (Å²) in [6.07, 6.45) is 3.26. The Kier molecular flexibility index (Phi) is 5.62. The molecule has 0 aliphatic carbocycles. The van der Waals surface area contributed by atoms with Crippen molar-refractivity contribution in [2.24, 2.45) is 12.0 Å². The minimum atomic E-state index is 0.437. The van der Waals surface area contributed by atoms with Crippen LogP contribution in [0, 0.1) is 6.92 Å². The van der Waals surface area contributed by atoms with Gasteiger partial charge >= 0.3 is 0 Å². The molecule has 8 heteroatoms. The minimum absolute atomic E-state index is 0.437. The van der Waals surface area contributed by atoms with Crippen molar-refractivity contribution >= 4 is 5.96 Å². The maximum absolute atomic E-state index is 5.82.